The van der Waals surface area contributed by atoms with Gasteiger partial charge in [0.2, 0.25) is 0 Å². The van der Waals surface area contributed by atoms with Crippen molar-refractivity contribution < 1.29 is 4.79 Å². The Hall–Kier alpha value is -2.40. The molecule has 1 aromatic heterocycles. The van der Waals surface area contributed by atoms with Gasteiger partial charge in [-0.1, -0.05) is 25.1 Å². The van der Waals surface area contributed by atoms with Crippen molar-refractivity contribution in [2.24, 2.45) is 0 Å². The minimum absolute atomic E-state index is 0.103. The van der Waals surface area contributed by atoms with E-state index in [0.29, 0.717) is 12.2 Å². The maximum atomic E-state index is 12.1. The number of H-pyrrole nitrogens is 1. The van der Waals surface area contributed by atoms with E-state index in [0.717, 1.165) is 12.1 Å². The summed E-state index contributed by atoms with van der Waals surface area (Å²) < 4.78 is 0. The predicted molar refractivity (Wildman–Crippen MR) is 78.8 cm³/mol. The van der Waals surface area contributed by atoms with Gasteiger partial charge in [0, 0.05) is 18.4 Å². The minimum Gasteiger partial charge on any atom is -0.328 e. The molecule has 0 aliphatic heterocycles. The number of amides is 1. The van der Waals surface area contributed by atoms with Crippen molar-refractivity contribution in [3.63, 3.8) is 0 Å². The molecule has 0 spiro atoms. The number of aromatic amines is 1. The average Bonchev–Trinajstić information content (AvgIpc) is 2.46. The van der Waals surface area contributed by atoms with E-state index >= 15 is 0 Å². The number of anilines is 1. The first-order chi connectivity index (χ1) is 9.72. The summed E-state index contributed by atoms with van der Waals surface area (Å²) in [5.74, 6) is -0.407. The summed E-state index contributed by atoms with van der Waals surface area (Å²) in [5, 5.41) is 5.99. The largest absolute Gasteiger partial charge is 0.328 e. The van der Waals surface area contributed by atoms with E-state index in [1.165, 1.54) is 12.3 Å². The van der Waals surface area contributed by atoms with Crippen LogP contribution >= 0.6 is 0 Å². The molecule has 0 fully saturated rings. The fourth-order valence-electron chi connectivity index (χ4n) is 1.85. The summed E-state index contributed by atoms with van der Waals surface area (Å²) in [6.45, 7) is 3.53. The lowest BCUT2D eigenvalue weighted by molar-refractivity contribution is 0.102. The Bertz CT molecular complexity index is 649. The van der Waals surface area contributed by atoms with E-state index in [4.69, 9.17) is 0 Å². The van der Waals surface area contributed by atoms with Crippen LogP contribution in [0.5, 0.6) is 0 Å². The number of para-hydroxylation sites is 1. The summed E-state index contributed by atoms with van der Waals surface area (Å²) in [7, 11) is 0. The monoisotopic (exact) mass is 271 g/mol. The van der Waals surface area contributed by atoms with Gasteiger partial charge in [0.05, 0.1) is 0 Å². The summed E-state index contributed by atoms with van der Waals surface area (Å²) in [6, 6.07) is 10.6. The van der Waals surface area contributed by atoms with E-state index in [2.05, 4.69) is 15.6 Å². The van der Waals surface area contributed by atoms with Gasteiger partial charge in [-0.2, -0.15) is 0 Å². The predicted octanol–water partition coefficient (Wildman–Crippen LogP) is 1.74. The lowest BCUT2D eigenvalue weighted by Gasteiger charge is -2.11. The van der Waals surface area contributed by atoms with Gasteiger partial charge in [-0.25, -0.2) is 0 Å². The van der Waals surface area contributed by atoms with Crippen LogP contribution in [-0.4, -0.2) is 17.4 Å². The van der Waals surface area contributed by atoms with Crippen LogP contribution in [-0.2, 0) is 6.54 Å². The Morgan fingerprint density at radius 3 is 2.75 bits per heavy atom. The van der Waals surface area contributed by atoms with E-state index in [1.54, 1.807) is 6.07 Å². The molecule has 0 saturated carbocycles. The Morgan fingerprint density at radius 2 is 2.00 bits per heavy atom. The number of nitrogens with one attached hydrogen (secondary N) is 3. The normalized spacial score (nSPS) is 10.2. The molecule has 0 radical (unpaired) electrons. The minimum atomic E-state index is -0.407. The van der Waals surface area contributed by atoms with Crippen molar-refractivity contribution >= 4 is 11.6 Å². The number of carbonyl (C=O) groups excluding carboxylic acids is 1. The molecular weight excluding hydrogens is 254 g/mol. The van der Waals surface area contributed by atoms with Gasteiger partial charge in [0.25, 0.3) is 11.5 Å². The summed E-state index contributed by atoms with van der Waals surface area (Å²) in [5.41, 5.74) is 1.40. The molecule has 1 amide bonds. The van der Waals surface area contributed by atoms with Crippen LogP contribution in [0.1, 0.15) is 22.8 Å². The molecule has 104 valence electrons. The lowest BCUT2D eigenvalue weighted by Crippen LogP contribution is -2.23. The van der Waals surface area contributed by atoms with Crippen LogP contribution in [0.15, 0.2) is 47.4 Å². The molecule has 1 aromatic carbocycles. The number of pyridine rings is 1. The molecule has 5 heteroatoms. The van der Waals surface area contributed by atoms with Crippen molar-refractivity contribution in [3.8, 4) is 0 Å². The molecule has 0 aliphatic carbocycles. The number of rotatable bonds is 5. The molecule has 5 nitrogen and oxygen atoms in total. The zero-order valence-electron chi connectivity index (χ0n) is 11.3. The number of hydrogen-bond donors (Lipinski definition) is 3. The van der Waals surface area contributed by atoms with Crippen molar-refractivity contribution in [3.05, 3.63) is 64.1 Å². The number of benzene rings is 1. The van der Waals surface area contributed by atoms with Gasteiger partial charge in [-0.15, -0.1) is 0 Å². The fourth-order valence-corrected chi connectivity index (χ4v) is 1.85. The van der Waals surface area contributed by atoms with E-state index in [9.17, 15) is 9.59 Å². The first-order valence-electron chi connectivity index (χ1n) is 6.50. The molecule has 1 heterocycles. The van der Waals surface area contributed by atoms with Gasteiger partial charge in [0.1, 0.15) is 5.56 Å². The Balaban J connectivity index is 2.20. The summed E-state index contributed by atoms with van der Waals surface area (Å²) >= 11 is 0. The maximum absolute atomic E-state index is 12.1. The van der Waals surface area contributed by atoms with Crippen LogP contribution in [0.4, 0.5) is 5.69 Å². The first kappa shape index (κ1) is 14.0. The van der Waals surface area contributed by atoms with Crippen molar-refractivity contribution in [1.82, 2.24) is 10.3 Å². The van der Waals surface area contributed by atoms with Crippen LogP contribution < -0.4 is 16.2 Å². The highest BCUT2D eigenvalue weighted by atomic mass is 16.2. The second kappa shape index (κ2) is 6.68. The van der Waals surface area contributed by atoms with E-state index < -0.39 is 11.5 Å². The van der Waals surface area contributed by atoms with Gasteiger partial charge in [-0.05, 0) is 30.3 Å². The van der Waals surface area contributed by atoms with E-state index in [-0.39, 0.29) is 5.56 Å². The fraction of sp³-hybridized carbons (Fsp3) is 0.200. The molecule has 2 aromatic rings. The van der Waals surface area contributed by atoms with Crippen molar-refractivity contribution in [2.45, 2.75) is 13.5 Å². The third kappa shape index (κ3) is 3.33. The van der Waals surface area contributed by atoms with Crippen molar-refractivity contribution in [2.75, 3.05) is 11.9 Å². The van der Waals surface area contributed by atoms with Gasteiger partial charge in [-0.3, -0.25) is 9.59 Å². The molecule has 0 bridgehead atoms. The molecule has 20 heavy (non-hydrogen) atoms. The molecule has 0 saturated heterocycles. The molecule has 0 unspecified atom stereocenters. The molecule has 3 N–H and O–H groups in total. The Morgan fingerprint density at radius 1 is 1.20 bits per heavy atom. The highest BCUT2D eigenvalue weighted by molar-refractivity contribution is 6.04. The summed E-state index contributed by atoms with van der Waals surface area (Å²) in [6.07, 6.45) is 1.50. The van der Waals surface area contributed by atoms with Crippen LogP contribution in [0.2, 0.25) is 0 Å². The van der Waals surface area contributed by atoms with Gasteiger partial charge < -0.3 is 15.6 Å². The summed E-state index contributed by atoms with van der Waals surface area (Å²) in [4.78, 5) is 26.2. The average molecular weight is 271 g/mol. The van der Waals surface area contributed by atoms with Gasteiger partial charge in [0.15, 0.2) is 0 Å². The van der Waals surface area contributed by atoms with E-state index in [1.807, 2.05) is 31.2 Å². The zero-order chi connectivity index (χ0) is 14.4. The zero-order valence-corrected chi connectivity index (χ0v) is 11.3. The van der Waals surface area contributed by atoms with Crippen LogP contribution in [0.25, 0.3) is 0 Å². The van der Waals surface area contributed by atoms with Crippen molar-refractivity contribution in [1.29, 1.82) is 0 Å². The molecule has 0 atom stereocenters. The third-order valence-electron chi connectivity index (χ3n) is 2.89. The molecule has 0 aliphatic rings. The standard InChI is InChI=1S/C15H17N3O2/c1-2-16-10-11-6-3-4-8-13(11)18-15(20)12-7-5-9-17-14(12)19/h3-9,16H,2,10H2,1H3,(H,17,19)(H,18,20). The second-order valence-corrected chi connectivity index (χ2v) is 4.30. The quantitative estimate of drug-likeness (QED) is 0.775. The number of hydrogen-bond acceptors (Lipinski definition) is 3. The topological polar surface area (TPSA) is 74.0 Å². The number of aromatic nitrogens is 1. The third-order valence-corrected chi connectivity index (χ3v) is 2.89. The highest BCUT2D eigenvalue weighted by Crippen LogP contribution is 2.15. The second-order valence-electron chi connectivity index (χ2n) is 4.30. The lowest BCUT2D eigenvalue weighted by atomic mass is 10.1. The Labute approximate surface area is 117 Å². The van der Waals surface area contributed by atoms with Gasteiger partial charge >= 0.3 is 0 Å². The molecular formula is C15H17N3O2. The number of carbonyl (C=O) groups is 1. The first-order valence-corrected chi connectivity index (χ1v) is 6.50. The maximum Gasteiger partial charge on any atom is 0.261 e. The highest BCUT2D eigenvalue weighted by Gasteiger charge is 2.11. The smallest absolute Gasteiger partial charge is 0.261 e. The SMILES string of the molecule is CCNCc1ccccc1NC(=O)c1ccc[nH]c1=O. The van der Waals surface area contributed by atoms with Crippen LogP contribution in [0.3, 0.4) is 0 Å². The molecule has 2 rings (SSSR count). The Kier molecular flexibility index (Phi) is 4.68. The van der Waals surface area contributed by atoms with Crippen LogP contribution in [0, 0.1) is 0 Å².